The van der Waals surface area contributed by atoms with Crippen molar-refractivity contribution in [3.8, 4) is 16.9 Å². The van der Waals surface area contributed by atoms with Gasteiger partial charge in [-0.3, -0.25) is 9.69 Å². The van der Waals surface area contributed by atoms with Crippen LogP contribution < -0.4 is 10.2 Å². The number of nitrogens with one attached hydrogen (secondary N) is 1. The molecule has 1 atom stereocenters. The number of anilines is 1. The molecule has 12 heteroatoms. The molecule has 38 heavy (non-hydrogen) atoms. The van der Waals surface area contributed by atoms with Gasteiger partial charge in [0.25, 0.3) is 5.91 Å². The van der Waals surface area contributed by atoms with E-state index < -0.39 is 11.7 Å². The summed E-state index contributed by atoms with van der Waals surface area (Å²) in [4.78, 5) is 29.0. The lowest BCUT2D eigenvalue weighted by Crippen LogP contribution is -2.49. The van der Waals surface area contributed by atoms with Crippen molar-refractivity contribution in [3.63, 3.8) is 0 Å². The summed E-state index contributed by atoms with van der Waals surface area (Å²) in [7, 11) is 1.88. The predicted molar refractivity (Wildman–Crippen MR) is 143 cm³/mol. The lowest BCUT2D eigenvalue weighted by Gasteiger charge is -2.35. The fraction of sp³-hybridized carbons (Fsp3) is 0.231. The van der Waals surface area contributed by atoms with E-state index in [1.165, 1.54) is 16.8 Å². The summed E-state index contributed by atoms with van der Waals surface area (Å²) < 4.78 is 18.9. The first-order valence-electron chi connectivity index (χ1n) is 12.0. The molecule has 5 heterocycles. The van der Waals surface area contributed by atoms with Crippen LogP contribution in [0.25, 0.3) is 28.1 Å². The van der Waals surface area contributed by atoms with Gasteiger partial charge in [-0.2, -0.15) is 4.68 Å². The van der Waals surface area contributed by atoms with Gasteiger partial charge in [-0.1, -0.05) is 5.21 Å². The molecule has 0 spiro atoms. The Hall–Kier alpha value is -4.22. The van der Waals surface area contributed by atoms with E-state index in [-0.39, 0.29) is 24.0 Å². The van der Waals surface area contributed by atoms with Crippen molar-refractivity contribution in [1.29, 1.82) is 0 Å². The molecule has 4 aromatic heterocycles. The summed E-state index contributed by atoms with van der Waals surface area (Å²) in [5.41, 5.74) is 2.87. The maximum absolute atomic E-state index is 15.6. The zero-order valence-corrected chi connectivity index (χ0v) is 21.3. The van der Waals surface area contributed by atoms with Crippen molar-refractivity contribution in [2.75, 3.05) is 18.0 Å². The number of halogens is 2. The van der Waals surface area contributed by atoms with Gasteiger partial charge in [0, 0.05) is 43.8 Å². The number of hydrogen-bond acceptors (Lipinski definition) is 7. The van der Waals surface area contributed by atoms with Crippen LogP contribution >= 0.6 is 12.4 Å². The number of amides is 1. The van der Waals surface area contributed by atoms with Crippen molar-refractivity contribution < 1.29 is 9.18 Å². The molecule has 0 saturated carbocycles. The van der Waals surface area contributed by atoms with Gasteiger partial charge in [0.15, 0.2) is 5.65 Å². The molecule has 0 radical (unpaired) electrons. The lowest BCUT2D eigenvalue weighted by atomic mass is 10.0. The Morgan fingerprint density at radius 1 is 1.13 bits per heavy atom. The van der Waals surface area contributed by atoms with Crippen LogP contribution in [-0.2, 0) is 7.05 Å². The number of carbonyl (C=O) groups is 1. The quantitative estimate of drug-likeness (QED) is 0.368. The van der Waals surface area contributed by atoms with Crippen molar-refractivity contribution in [2.24, 2.45) is 7.05 Å². The summed E-state index contributed by atoms with van der Waals surface area (Å²) >= 11 is 0. The summed E-state index contributed by atoms with van der Waals surface area (Å²) in [6.45, 7) is 1.46. The van der Waals surface area contributed by atoms with Crippen molar-refractivity contribution >= 4 is 35.3 Å². The predicted octanol–water partition coefficient (Wildman–Crippen LogP) is 3.57. The molecule has 0 aliphatic carbocycles. The number of pyridine rings is 2. The largest absolute Gasteiger partial charge is 0.340 e. The standard InChI is InChI=1S/C26H24FN9O.ClH/c1-34-15-23(31-16-34)20-6-3-11-29-24(20)35(18-5-2-10-28-14-18)26(37)19-9-8-17(13-21(19)27)36-25-22(32-33-36)7-4-12-30-25;/h3-4,6-9,11-13,15-16,18,28H,2,5,10,14H2,1H3;1H/t18-;/m1./s1. The zero-order valence-electron chi connectivity index (χ0n) is 20.5. The molecule has 1 fully saturated rings. The third-order valence-corrected chi connectivity index (χ3v) is 6.49. The number of fused-ring (bicyclic) bond motifs is 1. The Morgan fingerprint density at radius 2 is 1.97 bits per heavy atom. The smallest absolute Gasteiger partial charge is 0.262 e. The van der Waals surface area contributed by atoms with E-state index in [2.05, 4.69) is 30.6 Å². The Kier molecular flexibility index (Phi) is 7.12. The fourth-order valence-corrected chi connectivity index (χ4v) is 4.71. The van der Waals surface area contributed by atoms with Gasteiger partial charge in [-0.05, 0) is 55.8 Å². The molecule has 0 bridgehead atoms. The monoisotopic (exact) mass is 533 g/mol. The number of hydrogen-bond donors (Lipinski definition) is 1. The van der Waals surface area contributed by atoms with Gasteiger partial charge in [0.2, 0.25) is 0 Å². The molecular formula is C26H25ClFN9O. The van der Waals surface area contributed by atoms with Crippen LogP contribution in [-0.4, -0.2) is 59.6 Å². The Bertz CT molecular complexity index is 1590. The Balaban J connectivity index is 0.00000294. The van der Waals surface area contributed by atoms with Crippen LogP contribution in [0.15, 0.2) is 67.4 Å². The van der Waals surface area contributed by atoms with Gasteiger partial charge in [-0.15, -0.1) is 17.5 Å². The van der Waals surface area contributed by atoms with E-state index in [4.69, 9.17) is 0 Å². The first-order chi connectivity index (χ1) is 18.1. The number of imidazole rings is 1. The van der Waals surface area contributed by atoms with Crippen molar-refractivity contribution in [1.82, 2.24) is 39.8 Å². The number of carbonyl (C=O) groups excluding carboxylic acids is 1. The van der Waals surface area contributed by atoms with Crippen LogP contribution in [0.2, 0.25) is 0 Å². The van der Waals surface area contributed by atoms with E-state index in [1.807, 2.05) is 23.9 Å². The van der Waals surface area contributed by atoms with E-state index in [9.17, 15) is 4.79 Å². The third kappa shape index (κ3) is 4.61. The van der Waals surface area contributed by atoms with E-state index >= 15 is 4.39 Å². The first kappa shape index (κ1) is 25.4. The van der Waals surface area contributed by atoms with E-state index in [1.54, 1.807) is 47.9 Å². The summed E-state index contributed by atoms with van der Waals surface area (Å²) in [6, 6.07) is 11.4. The molecule has 1 aromatic carbocycles. The minimum atomic E-state index is -0.661. The topological polar surface area (TPSA) is 107 Å². The average Bonchev–Trinajstić information content (AvgIpc) is 3.56. The number of aromatic nitrogens is 7. The van der Waals surface area contributed by atoms with Crippen LogP contribution in [0.1, 0.15) is 23.2 Å². The highest BCUT2D eigenvalue weighted by Gasteiger charge is 2.32. The summed E-state index contributed by atoms with van der Waals surface area (Å²) in [5, 5.41) is 11.5. The normalized spacial score (nSPS) is 15.3. The molecule has 6 rings (SSSR count). The number of rotatable bonds is 5. The number of aryl methyl sites for hydroxylation is 1. The lowest BCUT2D eigenvalue weighted by molar-refractivity contribution is 0.0967. The first-order valence-corrected chi connectivity index (χ1v) is 12.0. The average molecular weight is 534 g/mol. The second-order valence-electron chi connectivity index (χ2n) is 8.99. The van der Waals surface area contributed by atoms with Gasteiger partial charge in [0.05, 0.1) is 29.3 Å². The maximum Gasteiger partial charge on any atom is 0.262 e. The van der Waals surface area contributed by atoms with E-state index in [0.29, 0.717) is 40.5 Å². The highest BCUT2D eigenvalue weighted by molar-refractivity contribution is 6.08. The molecule has 10 nitrogen and oxygen atoms in total. The SMILES string of the molecule is Cl.Cn1cnc(-c2cccnc2N(C(=O)c2ccc(-n3nnc4cccnc43)cc2F)[C@@H]2CCCNC2)c1. The van der Waals surface area contributed by atoms with Crippen molar-refractivity contribution in [2.45, 2.75) is 18.9 Å². The molecule has 1 N–H and O–H groups in total. The van der Waals surface area contributed by atoms with Crippen LogP contribution in [0.4, 0.5) is 10.2 Å². The molecule has 1 saturated heterocycles. The van der Waals surface area contributed by atoms with Crippen molar-refractivity contribution in [3.05, 3.63) is 78.8 Å². The fourth-order valence-electron chi connectivity index (χ4n) is 4.71. The van der Waals surface area contributed by atoms with Crippen LogP contribution in [0, 0.1) is 5.82 Å². The molecule has 1 aliphatic rings. The van der Waals surface area contributed by atoms with Gasteiger partial charge in [-0.25, -0.2) is 19.3 Å². The Labute approximate surface area is 223 Å². The minimum absolute atomic E-state index is 0. The second-order valence-corrected chi connectivity index (χ2v) is 8.99. The number of nitrogens with zero attached hydrogens (tertiary/aromatic N) is 8. The molecule has 1 amide bonds. The highest BCUT2D eigenvalue weighted by Crippen LogP contribution is 2.32. The Morgan fingerprint density at radius 3 is 2.74 bits per heavy atom. The maximum atomic E-state index is 15.6. The minimum Gasteiger partial charge on any atom is -0.340 e. The molecule has 5 aromatic rings. The molecule has 0 unspecified atom stereocenters. The number of piperidine rings is 1. The van der Waals surface area contributed by atoms with Gasteiger partial charge in [0.1, 0.15) is 17.2 Å². The number of benzene rings is 1. The summed E-state index contributed by atoms with van der Waals surface area (Å²) in [6.07, 6.45) is 8.50. The van der Waals surface area contributed by atoms with E-state index in [0.717, 1.165) is 19.4 Å². The third-order valence-electron chi connectivity index (χ3n) is 6.49. The van der Waals surface area contributed by atoms with Gasteiger partial charge < -0.3 is 9.88 Å². The highest BCUT2D eigenvalue weighted by atomic mass is 35.5. The molecular weight excluding hydrogens is 509 g/mol. The zero-order chi connectivity index (χ0) is 25.4. The molecule has 1 aliphatic heterocycles. The second kappa shape index (κ2) is 10.6. The molecule has 194 valence electrons. The van der Waals surface area contributed by atoms with Crippen LogP contribution in [0.3, 0.4) is 0 Å². The van der Waals surface area contributed by atoms with Gasteiger partial charge >= 0.3 is 0 Å². The van der Waals surface area contributed by atoms with Crippen LogP contribution in [0.5, 0.6) is 0 Å². The summed E-state index contributed by atoms with van der Waals surface area (Å²) in [5.74, 6) is -0.670.